The summed E-state index contributed by atoms with van der Waals surface area (Å²) < 4.78 is 0. The number of hydrogen-bond acceptors (Lipinski definition) is 3. The van der Waals surface area contributed by atoms with Gasteiger partial charge in [0.15, 0.2) is 0 Å². The van der Waals surface area contributed by atoms with Crippen LogP contribution in [0.5, 0.6) is 0 Å². The Bertz CT molecular complexity index is 230. The molecule has 1 saturated carbocycles. The smallest absolute Gasteiger partial charge is 0.236 e. The van der Waals surface area contributed by atoms with E-state index in [1.54, 1.807) is 4.90 Å². The molecule has 0 spiro atoms. The quantitative estimate of drug-likeness (QED) is 0.768. The van der Waals surface area contributed by atoms with Crippen molar-refractivity contribution in [2.75, 3.05) is 27.2 Å². The Hall–Kier alpha value is -0.610. The molecule has 4 nitrogen and oxygen atoms in total. The number of carbonyl (C=O) groups excluding carboxylic acids is 1. The highest BCUT2D eigenvalue weighted by Crippen LogP contribution is 2.21. The van der Waals surface area contributed by atoms with Crippen molar-refractivity contribution in [2.24, 2.45) is 5.73 Å². The molecule has 2 unspecified atom stereocenters. The van der Waals surface area contributed by atoms with E-state index in [0.29, 0.717) is 18.6 Å². The van der Waals surface area contributed by atoms with E-state index in [1.165, 1.54) is 12.8 Å². The Labute approximate surface area is 98.8 Å². The first kappa shape index (κ1) is 13.5. The van der Waals surface area contributed by atoms with Crippen LogP contribution in [0, 0.1) is 0 Å². The van der Waals surface area contributed by atoms with Crippen LogP contribution in [0.2, 0.25) is 0 Å². The first-order valence-electron chi connectivity index (χ1n) is 6.24. The summed E-state index contributed by atoms with van der Waals surface area (Å²) >= 11 is 0. The van der Waals surface area contributed by atoms with Crippen LogP contribution in [0.4, 0.5) is 0 Å². The Morgan fingerprint density at radius 2 is 2.06 bits per heavy atom. The van der Waals surface area contributed by atoms with Gasteiger partial charge in [-0.25, -0.2) is 0 Å². The van der Waals surface area contributed by atoms with Gasteiger partial charge in [-0.15, -0.1) is 0 Å². The van der Waals surface area contributed by atoms with Gasteiger partial charge in [0.05, 0.1) is 6.54 Å². The molecule has 94 valence electrons. The van der Waals surface area contributed by atoms with Gasteiger partial charge in [0.25, 0.3) is 0 Å². The molecule has 0 aromatic carbocycles. The largest absolute Gasteiger partial charge is 0.348 e. The number of hydrogen-bond donors (Lipinski definition) is 1. The van der Waals surface area contributed by atoms with Crippen LogP contribution in [-0.4, -0.2) is 55.0 Å². The van der Waals surface area contributed by atoms with Crippen molar-refractivity contribution in [3.63, 3.8) is 0 Å². The molecular weight excluding hydrogens is 202 g/mol. The maximum Gasteiger partial charge on any atom is 0.236 e. The first-order valence-corrected chi connectivity index (χ1v) is 6.24. The minimum absolute atomic E-state index is 0.181. The summed E-state index contributed by atoms with van der Waals surface area (Å²) in [5.41, 5.74) is 5.99. The Morgan fingerprint density at radius 3 is 2.56 bits per heavy atom. The van der Waals surface area contributed by atoms with Crippen molar-refractivity contribution in [3.8, 4) is 0 Å². The van der Waals surface area contributed by atoms with Gasteiger partial charge in [-0.05, 0) is 25.8 Å². The van der Waals surface area contributed by atoms with Crippen molar-refractivity contribution in [3.05, 3.63) is 0 Å². The van der Waals surface area contributed by atoms with Gasteiger partial charge in [-0.1, -0.05) is 13.3 Å². The highest BCUT2D eigenvalue weighted by molar-refractivity contribution is 5.77. The van der Waals surface area contributed by atoms with Crippen LogP contribution in [0.1, 0.15) is 32.6 Å². The number of rotatable bonds is 4. The van der Waals surface area contributed by atoms with Gasteiger partial charge < -0.3 is 10.6 Å². The number of carbonyl (C=O) groups is 1. The second kappa shape index (κ2) is 6.21. The molecule has 0 radical (unpaired) electrons. The average Bonchev–Trinajstić information content (AvgIpc) is 2.25. The third-order valence-corrected chi connectivity index (χ3v) is 3.45. The topological polar surface area (TPSA) is 49.6 Å². The summed E-state index contributed by atoms with van der Waals surface area (Å²) in [6, 6.07) is 0.819. The number of nitrogens with two attached hydrogens (primary N) is 1. The van der Waals surface area contributed by atoms with Crippen molar-refractivity contribution < 1.29 is 4.79 Å². The van der Waals surface area contributed by atoms with Gasteiger partial charge in [0.1, 0.15) is 0 Å². The van der Waals surface area contributed by atoms with Crippen molar-refractivity contribution in [2.45, 2.75) is 44.7 Å². The van der Waals surface area contributed by atoms with Crippen LogP contribution in [-0.2, 0) is 4.79 Å². The summed E-state index contributed by atoms with van der Waals surface area (Å²) in [6.45, 7) is 3.57. The summed E-state index contributed by atoms with van der Waals surface area (Å²) in [5, 5.41) is 0. The van der Waals surface area contributed by atoms with E-state index in [2.05, 4.69) is 11.8 Å². The molecule has 1 aliphatic rings. The lowest BCUT2D eigenvalue weighted by Gasteiger charge is -2.35. The fourth-order valence-electron chi connectivity index (χ4n) is 2.35. The van der Waals surface area contributed by atoms with Crippen LogP contribution >= 0.6 is 0 Å². The molecule has 0 saturated heterocycles. The molecule has 0 aliphatic heterocycles. The van der Waals surface area contributed by atoms with E-state index in [4.69, 9.17) is 5.73 Å². The Kier molecular flexibility index (Phi) is 5.22. The van der Waals surface area contributed by atoms with Gasteiger partial charge in [-0.2, -0.15) is 0 Å². The molecule has 2 N–H and O–H groups in total. The van der Waals surface area contributed by atoms with E-state index in [-0.39, 0.29) is 5.91 Å². The van der Waals surface area contributed by atoms with Crippen LogP contribution < -0.4 is 5.73 Å². The van der Waals surface area contributed by atoms with Crippen LogP contribution in [0.3, 0.4) is 0 Å². The maximum atomic E-state index is 11.7. The lowest BCUT2D eigenvalue weighted by atomic mass is 9.90. The standard InChI is InChI=1S/C12H25N3O/c1-4-15(9-12(16)14(2)3)11-7-5-6-10(13)8-11/h10-11H,4-9,13H2,1-3H3. The second-order valence-corrected chi connectivity index (χ2v) is 4.93. The zero-order valence-corrected chi connectivity index (χ0v) is 10.8. The number of amides is 1. The average molecular weight is 227 g/mol. The van der Waals surface area contributed by atoms with Crippen molar-refractivity contribution in [1.29, 1.82) is 0 Å². The summed E-state index contributed by atoms with van der Waals surface area (Å²) in [5.74, 6) is 0.181. The lowest BCUT2D eigenvalue weighted by Crippen LogP contribution is -2.46. The summed E-state index contributed by atoms with van der Waals surface area (Å²) in [6.07, 6.45) is 4.55. The summed E-state index contributed by atoms with van der Waals surface area (Å²) in [4.78, 5) is 15.6. The Morgan fingerprint density at radius 1 is 1.38 bits per heavy atom. The van der Waals surface area contributed by atoms with E-state index >= 15 is 0 Å². The SMILES string of the molecule is CCN(CC(=O)N(C)C)C1CCCC(N)C1. The zero-order valence-electron chi connectivity index (χ0n) is 10.8. The molecule has 0 aromatic rings. The third-order valence-electron chi connectivity index (χ3n) is 3.45. The molecule has 0 aromatic heterocycles. The fraction of sp³-hybridized carbons (Fsp3) is 0.917. The highest BCUT2D eigenvalue weighted by Gasteiger charge is 2.25. The summed E-state index contributed by atoms with van der Waals surface area (Å²) in [7, 11) is 3.62. The van der Waals surface area contributed by atoms with Crippen LogP contribution in [0.25, 0.3) is 0 Å². The predicted molar refractivity (Wildman–Crippen MR) is 66.2 cm³/mol. The van der Waals surface area contributed by atoms with E-state index in [1.807, 2.05) is 14.1 Å². The minimum atomic E-state index is 0.181. The first-order chi connectivity index (χ1) is 7.54. The molecule has 1 rings (SSSR count). The second-order valence-electron chi connectivity index (χ2n) is 4.93. The van der Waals surface area contributed by atoms with Gasteiger partial charge >= 0.3 is 0 Å². The maximum absolute atomic E-state index is 11.7. The van der Waals surface area contributed by atoms with Crippen LogP contribution in [0.15, 0.2) is 0 Å². The van der Waals surface area contributed by atoms with Crippen molar-refractivity contribution >= 4 is 5.91 Å². The van der Waals surface area contributed by atoms with Gasteiger partial charge in [-0.3, -0.25) is 9.69 Å². The Balaban J connectivity index is 2.49. The normalized spacial score (nSPS) is 25.8. The van der Waals surface area contributed by atoms with E-state index in [9.17, 15) is 4.79 Å². The monoisotopic (exact) mass is 227 g/mol. The number of likely N-dealkylation sites (N-methyl/N-ethyl adjacent to an activating group) is 2. The molecule has 1 amide bonds. The molecule has 4 heteroatoms. The minimum Gasteiger partial charge on any atom is -0.348 e. The number of nitrogens with zero attached hydrogens (tertiary/aromatic N) is 2. The van der Waals surface area contributed by atoms with E-state index in [0.717, 1.165) is 19.4 Å². The molecule has 2 atom stereocenters. The van der Waals surface area contributed by atoms with Crippen molar-refractivity contribution in [1.82, 2.24) is 9.80 Å². The molecule has 16 heavy (non-hydrogen) atoms. The fourth-order valence-corrected chi connectivity index (χ4v) is 2.35. The van der Waals surface area contributed by atoms with Gasteiger partial charge in [0.2, 0.25) is 5.91 Å². The molecule has 0 heterocycles. The van der Waals surface area contributed by atoms with E-state index < -0.39 is 0 Å². The highest BCUT2D eigenvalue weighted by atomic mass is 16.2. The van der Waals surface area contributed by atoms with Gasteiger partial charge in [0, 0.05) is 26.2 Å². The molecule has 1 aliphatic carbocycles. The predicted octanol–water partition coefficient (Wildman–Crippen LogP) is 0.666. The lowest BCUT2D eigenvalue weighted by molar-refractivity contribution is -0.130. The molecule has 1 fully saturated rings. The molecule has 0 bridgehead atoms. The molecular formula is C12H25N3O. The zero-order chi connectivity index (χ0) is 12.1. The third kappa shape index (κ3) is 3.76.